The van der Waals surface area contributed by atoms with Gasteiger partial charge in [0.15, 0.2) is 0 Å². The lowest BCUT2D eigenvalue weighted by Crippen LogP contribution is -2.51. The molecule has 3 aromatic rings. The fourth-order valence-corrected chi connectivity index (χ4v) is 7.93. The van der Waals surface area contributed by atoms with Crippen LogP contribution in [0.2, 0.25) is 0 Å². The molecule has 2 fully saturated rings. The van der Waals surface area contributed by atoms with Crippen molar-refractivity contribution in [2.24, 2.45) is 0 Å². The molecule has 0 bridgehead atoms. The number of aryl methyl sites for hydroxylation is 1. The molecule has 6 rings (SSSR count). The maximum absolute atomic E-state index is 13.5. The lowest BCUT2D eigenvalue weighted by Gasteiger charge is -2.46. The molecule has 3 heterocycles. The average Bonchev–Trinajstić information content (AvgIpc) is 3.38. The van der Waals surface area contributed by atoms with E-state index in [4.69, 9.17) is 0 Å². The molecule has 0 amide bonds. The minimum Gasteiger partial charge on any atom is -0.372 e. The molecule has 2 aliphatic heterocycles. The lowest BCUT2D eigenvalue weighted by molar-refractivity contribution is 0.247. The van der Waals surface area contributed by atoms with Crippen LogP contribution >= 0.6 is 0 Å². The van der Waals surface area contributed by atoms with Gasteiger partial charge in [-0.15, -0.1) is 0 Å². The summed E-state index contributed by atoms with van der Waals surface area (Å²) in [5.74, 6) is 0.583. The number of anilines is 1. The number of hydrogen-bond acceptors (Lipinski definition) is 3. The van der Waals surface area contributed by atoms with E-state index in [0.717, 1.165) is 18.5 Å². The summed E-state index contributed by atoms with van der Waals surface area (Å²) in [7, 11) is -3.50. The van der Waals surface area contributed by atoms with Crippen LogP contribution in [-0.2, 0) is 15.6 Å². The summed E-state index contributed by atoms with van der Waals surface area (Å²) in [4.78, 5) is 0.421. The van der Waals surface area contributed by atoms with Gasteiger partial charge in [-0.25, -0.2) is 8.42 Å². The van der Waals surface area contributed by atoms with E-state index in [-0.39, 0.29) is 5.54 Å². The summed E-state index contributed by atoms with van der Waals surface area (Å²) < 4.78 is 31.0. The van der Waals surface area contributed by atoms with Crippen LogP contribution in [0, 0.1) is 13.8 Å². The van der Waals surface area contributed by atoms with Gasteiger partial charge in [-0.3, -0.25) is 0 Å². The first-order chi connectivity index (χ1) is 16.9. The van der Waals surface area contributed by atoms with Gasteiger partial charge >= 0.3 is 0 Å². The highest BCUT2D eigenvalue weighted by Gasteiger charge is 2.44. The van der Waals surface area contributed by atoms with Crippen molar-refractivity contribution >= 4 is 15.7 Å². The van der Waals surface area contributed by atoms with Crippen LogP contribution in [0.15, 0.2) is 59.6 Å². The number of sulfonamides is 1. The van der Waals surface area contributed by atoms with Crippen LogP contribution in [-0.4, -0.2) is 30.4 Å². The number of piperidine rings is 1. The zero-order valence-corrected chi connectivity index (χ0v) is 21.6. The Morgan fingerprint density at radius 1 is 0.914 bits per heavy atom. The average molecular weight is 490 g/mol. The first-order valence-corrected chi connectivity index (χ1v) is 14.5. The van der Waals surface area contributed by atoms with Crippen LogP contribution in [0.25, 0.3) is 5.69 Å². The number of nitrogens with one attached hydrogen (secondary N) is 1. The van der Waals surface area contributed by atoms with E-state index in [1.807, 2.05) is 24.3 Å². The Labute approximate surface area is 209 Å². The predicted octanol–water partition coefficient (Wildman–Crippen LogP) is 6.25. The molecule has 1 N–H and O–H groups in total. The number of aromatic nitrogens is 1. The van der Waals surface area contributed by atoms with Gasteiger partial charge in [-0.2, -0.15) is 4.31 Å². The van der Waals surface area contributed by atoms with Gasteiger partial charge in [0.2, 0.25) is 10.0 Å². The number of rotatable bonds is 3. The molecule has 1 spiro atoms. The third kappa shape index (κ3) is 3.73. The molecule has 0 unspecified atom stereocenters. The van der Waals surface area contributed by atoms with Gasteiger partial charge in [0.1, 0.15) is 0 Å². The Morgan fingerprint density at radius 3 is 2.34 bits per heavy atom. The third-order valence-corrected chi connectivity index (χ3v) is 10.6. The topological polar surface area (TPSA) is 54.3 Å². The van der Waals surface area contributed by atoms with Gasteiger partial charge in [0.05, 0.1) is 21.8 Å². The number of hydrogen-bond donors (Lipinski definition) is 1. The van der Waals surface area contributed by atoms with Crippen LogP contribution < -0.4 is 5.32 Å². The Morgan fingerprint density at radius 2 is 1.63 bits per heavy atom. The summed E-state index contributed by atoms with van der Waals surface area (Å²) in [5.41, 5.74) is 7.16. The van der Waals surface area contributed by atoms with E-state index < -0.39 is 10.0 Å². The molecule has 3 aliphatic rings. The minimum atomic E-state index is -3.50. The molecule has 1 aromatic heterocycles. The SMILES string of the molecule is Cc1ccc2c(c1C)-n1cccc1C1(CCN(S(=O)(=O)c3ccc(C4CCCCC4)cc3)CC1)N2. The Hall–Kier alpha value is -2.57. The Balaban J connectivity index is 1.23. The highest BCUT2D eigenvalue weighted by molar-refractivity contribution is 7.89. The molecule has 1 saturated carbocycles. The second-order valence-corrected chi connectivity index (χ2v) is 12.6. The highest BCUT2D eigenvalue weighted by Crippen LogP contribution is 2.45. The molecule has 0 radical (unpaired) electrons. The van der Waals surface area contributed by atoms with E-state index in [0.29, 0.717) is 23.9 Å². The van der Waals surface area contributed by atoms with Crippen LogP contribution in [0.1, 0.15) is 73.2 Å². The monoisotopic (exact) mass is 489 g/mol. The minimum absolute atomic E-state index is 0.255. The zero-order chi connectivity index (χ0) is 24.2. The van der Waals surface area contributed by atoms with Crippen molar-refractivity contribution in [3.8, 4) is 5.69 Å². The molecule has 0 atom stereocenters. The maximum Gasteiger partial charge on any atom is 0.243 e. The van der Waals surface area contributed by atoms with Crippen molar-refractivity contribution in [1.82, 2.24) is 8.87 Å². The molecule has 1 aliphatic carbocycles. The van der Waals surface area contributed by atoms with Gasteiger partial charge in [-0.05, 0) is 92.5 Å². The molecule has 1 saturated heterocycles. The molecule has 2 aromatic carbocycles. The normalized spacial score (nSPS) is 20.3. The quantitative estimate of drug-likeness (QED) is 0.473. The van der Waals surface area contributed by atoms with Crippen molar-refractivity contribution < 1.29 is 8.42 Å². The van der Waals surface area contributed by atoms with Gasteiger partial charge in [0, 0.05) is 25.0 Å². The molecule has 6 heteroatoms. The smallest absolute Gasteiger partial charge is 0.243 e. The Kier molecular flexibility index (Phi) is 5.57. The maximum atomic E-state index is 13.5. The summed E-state index contributed by atoms with van der Waals surface area (Å²) >= 11 is 0. The van der Waals surface area contributed by atoms with E-state index >= 15 is 0 Å². The fraction of sp³-hybridized carbons (Fsp3) is 0.448. The summed E-state index contributed by atoms with van der Waals surface area (Å²) in [5, 5.41) is 3.84. The molecular formula is C29H35N3O2S. The van der Waals surface area contributed by atoms with Crippen molar-refractivity contribution in [2.75, 3.05) is 18.4 Å². The highest BCUT2D eigenvalue weighted by atomic mass is 32.2. The summed E-state index contributed by atoms with van der Waals surface area (Å²) in [6.45, 7) is 5.33. The first kappa shape index (κ1) is 22.9. The zero-order valence-electron chi connectivity index (χ0n) is 20.8. The van der Waals surface area contributed by atoms with E-state index in [2.05, 4.69) is 54.2 Å². The van der Waals surface area contributed by atoms with Gasteiger partial charge in [0.25, 0.3) is 0 Å². The second-order valence-electron chi connectivity index (χ2n) is 10.7. The molecule has 184 valence electrons. The van der Waals surface area contributed by atoms with Crippen molar-refractivity contribution in [1.29, 1.82) is 0 Å². The van der Waals surface area contributed by atoms with Crippen LogP contribution in [0.3, 0.4) is 0 Å². The number of benzene rings is 2. The summed E-state index contributed by atoms with van der Waals surface area (Å²) in [6, 6.07) is 16.4. The van der Waals surface area contributed by atoms with Crippen LogP contribution in [0.5, 0.6) is 0 Å². The molecular weight excluding hydrogens is 454 g/mol. The lowest BCUT2D eigenvalue weighted by atomic mass is 9.82. The Bertz CT molecular complexity index is 1340. The van der Waals surface area contributed by atoms with E-state index in [1.165, 1.54) is 60.2 Å². The van der Waals surface area contributed by atoms with Crippen LogP contribution in [0.4, 0.5) is 5.69 Å². The fourth-order valence-electron chi connectivity index (χ4n) is 6.49. The number of nitrogens with zero attached hydrogens (tertiary/aromatic N) is 2. The first-order valence-electron chi connectivity index (χ1n) is 13.1. The standard InChI is InChI=1S/C29H35N3O2S/c1-21-10-15-26-28(22(21)2)32-18-6-9-27(32)29(30-26)16-19-31(20-17-29)35(33,34)25-13-11-24(12-14-25)23-7-4-3-5-8-23/h6,9-15,18,23,30H,3-5,7-8,16-17,19-20H2,1-2H3. The predicted molar refractivity (Wildman–Crippen MR) is 141 cm³/mol. The van der Waals surface area contributed by atoms with Crippen molar-refractivity contribution in [3.63, 3.8) is 0 Å². The summed E-state index contributed by atoms with van der Waals surface area (Å²) in [6.07, 6.45) is 9.94. The third-order valence-electron chi connectivity index (χ3n) is 8.73. The van der Waals surface area contributed by atoms with E-state index in [1.54, 1.807) is 4.31 Å². The number of fused-ring (bicyclic) bond motifs is 4. The molecule has 35 heavy (non-hydrogen) atoms. The van der Waals surface area contributed by atoms with Gasteiger partial charge in [-0.1, -0.05) is 37.5 Å². The largest absolute Gasteiger partial charge is 0.372 e. The molecule has 5 nitrogen and oxygen atoms in total. The van der Waals surface area contributed by atoms with Crippen molar-refractivity contribution in [3.05, 3.63) is 77.1 Å². The van der Waals surface area contributed by atoms with E-state index in [9.17, 15) is 8.42 Å². The second kappa shape index (κ2) is 8.52. The van der Waals surface area contributed by atoms with Gasteiger partial charge < -0.3 is 9.88 Å². The van der Waals surface area contributed by atoms with Crippen molar-refractivity contribution in [2.45, 2.75) is 75.1 Å².